The molecule has 0 atom stereocenters. The van der Waals surface area contributed by atoms with Crippen LogP contribution in [0.5, 0.6) is 5.75 Å². The van der Waals surface area contributed by atoms with E-state index in [1.165, 1.54) is 11.8 Å². The van der Waals surface area contributed by atoms with Crippen molar-refractivity contribution in [2.75, 3.05) is 11.9 Å². The first-order chi connectivity index (χ1) is 10.1. The third-order valence-electron chi connectivity index (χ3n) is 3.33. The van der Waals surface area contributed by atoms with Crippen molar-refractivity contribution in [3.05, 3.63) is 51.6 Å². The Morgan fingerprint density at radius 3 is 3.00 bits per heavy atom. The van der Waals surface area contributed by atoms with E-state index in [4.69, 9.17) is 10.5 Å². The summed E-state index contributed by atoms with van der Waals surface area (Å²) in [5, 5.41) is 3.22. The number of carbonyl (C=O) groups is 1. The maximum atomic E-state index is 11.0. The fraction of sp³-hybridized carbons (Fsp3) is 0.200. The van der Waals surface area contributed by atoms with Crippen molar-refractivity contribution in [3.63, 3.8) is 0 Å². The highest BCUT2D eigenvalue weighted by Gasteiger charge is 2.17. The SMILES string of the molecule is NC(=O)c1ccc(NCc2cc(Br)cc3c2OCC3)nc1. The van der Waals surface area contributed by atoms with Crippen molar-refractivity contribution in [2.24, 2.45) is 5.73 Å². The van der Waals surface area contributed by atoms with Gasteiger partial charge >= 0.3 is 0 Å². The van der Waals surface area contributed by atoms with Crippen LogP contribution in [0.2, 0.25) is 0 Å². The van der Waals surface area contributed by atoms with Gasteiger partial charge in [0.1, 0.15) is 11.6 Å². The van der Waals surface area contributed by atoms with E-state index in [0.717, 1.165) is 28.8 Å². The van der Waals surface area contributed by atoms with Gasteiger partial charge < -0.3 is 15.8 Å². The summed E-state index contributed by atoms with van der Waals surface area (Å²) >= 11 is 3.52. The highest BCUT2D eigenvalue weighted by molar-refractivity contribution is 9.10. The number of primary amides is 1. The Bertz CT molecular complexity index is 686. The summed E-state index contributed by atoms with van der Waals surface area (Å²) in [6.07, 6.45) is 2.40. The number of halogens is 1. The van der Waals surface area contributed by atoms with Crippen LogP contribution in [0.3, 0.4) is 0 Å². The standard InChI is InChI=1S/C15H14BrN3O2/c16-12-5-9-3-4-21-14(9)11(6-12)8-19-13-2-1-10(7-18-13)15(17)20/h1-2,5-7H,3-4,8H2,(H2,17,20)(H,18,19). The number of rotatable bonds is 4. The Balaban J connectivity index is 1.75. The Morgan fingerprint density at radius 1 is 1.43 bits per heavy atom. The molecule has 108 valence electrons. The van der Waals surface area contributed by atoms with E-state index in [0.29, 0.717) is 17.9 Å². The number of benzene rings is 1. The van der Waals surface area contributed by atoms with Crippen LogP contribution in [0.1, 0.15) is 21.5 Å². The second-order valence-electron chi connectivity index (χ2n) is 4.80. The average molecular weight is 348 g/mol. The lowest BCUT2D eigenvalue weighted by Crippen LogP contribution is -2.11. The van der Waals surface area contributed by atoms with Gasteiger partial charge in [-0.1, -0.05) is 15.9 Å². The number of hydrogen-bond donors (Lipinski definition) is 2. The van der Waals surface area contributed by atoms with Crippen molar-refractivity contribution < 1.29 is 9.53 Å². The number of amides is 1. The van der Waals surface area contributed by atoms with Crippen LogP contribution >= 0.6 is 15.9 Å². The van der Waals surface area contributed by atoms with Crippen molar-refractivity contribution in [3.8, 4) is 5.75 Å². The molecule has 0 fully saturated rings. The molecule has 6 heteroatoms. The minimum atomic E-state index is -0.479. The molecule has 1 aliphatic heterocycles. The maximum Gasteiger partial charge on any atom is 0.250 e. The van der Waals surface area contributed by atoms with Crippen LogP contribution < -0.4 is 15.8 Å². The van der Waals surface area contributed by atoms with Crippen LogP contribution in [-0.4, -0.2) is 17.5 Å². The average Bonchev–Trinajstić information content (AvgIpc) is 2.93. The quantitative estimate of drug-likeness (QED) is 0.890. The van der Waals surface area contributed by atoms with Gasteiger partial charge in [0.2, 0.25) is 5.91 Å². The number of nitrogens with one attached hydrogen (secondary N) is 1. The topological polar surface area (TPSA) is 77.2 Å². The highest BCUT2D eigenvalue weighted by atomic mass is 79.9. The van der Waals surface area contributed by atoms with Crippen molar-refractivity contribution in [1.82, 2.24) is 4.98 Å². The molecule has 0 unspecified atom stereocenters. The third-order valence-corrected chi connectivity index (χ3v) is 3.79. The fourth-order valence-electron chi connectivity index (χ4n) is 2.31. The molecule has 1 amide bonds. The molecule has 0 bridgehead atoms. The van der Waals surface area contributed by atoms with Gasteiger partial charge in [-0.15, -0.1) is 0 Å². The number of anilines is 1. The molecule has 21 heavy (non-hydrogen) atoms. The van der Waals surface area contributed by atoms with Gasteiger partial charge in [-0.05, 0) is 29.8 Å². The molecule has 3 N–H and O–H groups in total. The van der Waals surface area contributed by atoms with Crippen molar-refractivity contribution >= 4 is 27.7 Å². The maximum absolute atomic E-state index is 11.0. The van der Waals surface area contributed by atoms with Gasteiger partial charge in [-0.25, -0.2) is 4.98 Å². The number of aromatic nitrogens is 1. The first-order valence-corrected chi connectivity index (χ1v) is 7.36. The van der Waals surface area contributed by atoms with Crippen molar-refractivity contribution in [2.45, 2.75) is 13.0 Å². The summed E-state index contributed by atoms with van der Waals surface area (Å²) in [5.74, 6) is 1.17. The number of nitrogens with two attached hydrogens (primary N) is 1. The number of nitrogens with zero attached hydrogens (tertiary/aromatic N) is 1. The first-order valence-electron chi connectivity index (χ1n) is 6.57. The normalized spacial score (nSPS) is 12.6. The van der Waals surface area contributed by atoms with E-state index in [1.54, 1.807) is 12.1 Å². The van der Waals surface area contributed by atoms with E-state index in [1.807, 2.05) is 6.07 Å². The smallest absolute Gasteiger partial charge is 0.250 e. The Labute approximate surface area is 130 Å². The molecule has 0 spiro atoms. The van der Waals surface area contributed by atoms with E-state index in [2.05, 4.69) is 32.3 Å². The van der Waals surface area contributed by atoms with Crippen molar-refractivity contribution in [1.29, 1.82) is 0 Å². The largest absolute Gasteiger partial charge is 0.493 e. The van der Waals surface area contributed by atoms with Gasteiger partial charge in [0.25, 0.3) is 0 Å². The molecule has 2 aromatic rings. The number of ether oxygens (including phenoxy) is 1. The Kier molecular flexibility index (Phi) is 3.79. The van der Waals surface area contributed by atoms with Crippen LogP contribution in [-0.2, 0) is 13.0 Å². The summed E-state index contributed by atoms with van der Waals surface area (Å²) in [5.41, 5.74) is 7.88. The number of fused-ring (bicyclic) bond motifs is 1. The summed E-state index contributed by atoms with van der Waals surface area (Å²) in [6, 6.07) is 7.51. The summed E-state index contributed by atoms with van der Waals surface area (Å²) in [7, 11) is 0. The van der Waals surface area contributed by atoms with Crippen LogP contribution in [0.25, 0.3) is 0 Å². The number of pyridine rings is 1. The molecule has 1 aromatic carbocycles. The monoisotopic (exact) mass is 347 g/mol. The lowest BCUT2D eigenvalue weighted by molar-refractivity contribution is 0.1000. The fourth-order valence-corrected chi connectivity index (χ4v) is 2.86. The molecule has 1 aromatic heterocycles. The van der Waals surface area contributed by atoms with E-state index in [-0.39, 0.29) is 0 Å². The van der Waals surface area contributed by atoms with Crippen LogP contribution in [0.15, 0.2) is 34.9 Å². The zero-order valence-corrected chi connectivity index (χ0v) is 12.8. The van der Waals surface area contributed by atoms with Crippen LogP contribution in [0.4, 0.5) is 5.82 Å². The molecule has 0 radical (unpaired) electrons. The predicted molar refractivity (Wildman–Crippen MR) is 83.4 cm³/mol. The summed E-state index contributed by atoms with van der Waals surface area (Å²) < 4.78 is 6.72. The molecule has 5 nitrogen and oxygen atoms in total. The molecular weight excluding hydrogens is 334 g/mol. The van der Waals surface area contributed by atoms with Gasteiger partial charge in [-0.3, -0.25) is 4.79 Å². The predicted octanol–water partition coefficient (Wildman–Crippen LogP) is 2.49. The van der Waals surface area contributed by atoms with Crippen LogP contribution in [0, 0.1) is 0 Å². The van der Waals surface area contributed by atoms with Gasteiger partial charge in [0, 0.05) is 29.2 Å². The zero-order chi connectivity index (χ0) is 14.8. The lowest BCUT2D eigenvalue weighted by atomic mass is 10.1. The van der Waals surface area contributed by atoms with Gasteiger partial charge in [-0.2, -0.15) is 0 Å². The minimum absolute atomic E-state index is 0.396. The van der Waals surface area contributed by atoms with E-state index >= 15 is 0 Å². The number of hydrogen-bond acceptors (Lipinski definition) is 4. The summed E-state index contributed by atoms with van der Waals surface area (Å²) in [6.45, 7) is 1.33. The molecule has 0 aliphatic carbocycles. The first kappa shape index (κ1) is 13.9. The van der Waals surface area contributed by atoms with E-state index < -0.39 is 5.91 Å². The minimum Gasteiger partial charge on any atom is -0.493 e. The van der Waals surface area contributed by atoms with Gasteiger partial charge in [0.05, 0.1) is 12.2 Å². The molecular formula is C15H14BrN3O2. The molecule has 1 aliphatic rings. The summed E-state index contributed by atoms with van der Waals surface area (Å²) in [4.78, 5) is 15.2. The van der Waals surface area contributed by atoms with E-state index in [9.17, 15) is 4.79 Å². The molecule has 0 saturated heterocycles. The number of carbonyl (C=O) groups excluding carboxylic acids is 1. The second-order valence-corrected chi connectivity index (χ2v) is 5.72. The lowest BCUT2D eigenvalue weighted by Gasteiger charge is -2.11. The van der Waals surface area contributed by atoms with Gasteiger partial charge in [0.15, 0.2) is 0 Å². The molecule has 0 saturated carbocycles. The zero-order valence-electron chi connectivity index (χ0n) is 11.2. The Hall–Kier alpha value is -2.08. The molecule has 2 heterocycles. The Morgan fingerprint density at radius 2 is 2.29 bits per heavy atom. The third kappa shape index (κ3) is 3.00. The second kappa shape index (κ2) is 5.73. The highest BCUT2D eigenvalue weighted by Crippen LogP contribution is 2.33. The molecule has 3 rings (SSSR count).